The molecule has 7 heteroatoms. The molecule has 2 N–H and O–H groups in total. The molecular formula is C22H24N4O2S. The first kappa shape index (κ1) is 19.4. The van der Waals surface area contributed by atoms with Crippen LogP contribution in [-0.2, 0) is 11.3 Å². The number of aromatic nitrogens is 2. The van der Waals surface area contributed by atoms with Gasteiger partial charge >= 0.3 is 6.09 Å². The second kappa shape index (κ2) is 7.48. The van der Waals surface area contributed by atoms with E-state index in [0.29, 0.717) is 12.4 Å². The van der Waals surface area contributed by atoms with E-state index < -0.39 is 5.60 Å². The molecule has 0 saturated carbocycles. The molecule has 4 rings (SSSR count). The number of ether oxygens (including phenoxy) is 1. The van der Waals surface area contributed by atoms with E-state index in [1.807, 2.05) is 39.1 Å². The van der Waals surface area contributed by atoms with Gasteiger partial charge in [0.2, 0.25) is 0 Å². The SMILES string of the molecule is CN(Cc1nc(-c2ccc3c(c2)Nc2ccccc2S3)c[nH]1)C(=O)OC(C)(C)C. The molecule has 1 aliphatic heterocycles. The van der Waals surface area contributed by atoms with E-state index in [9.17, 15) is 4.79 Å². The number of imidazole rings is 1. The van der Waals surface area contributed by atoms with Gasteiger partial charge < -0.3 is 19.9 Å². The highest BCUT2D eigenvalue weighted by Crippen LogP contribution is 2.44. The molecule has 29 heavy (non-hydrogen) atoms. The Bertz CT molecular complexity index is 1050. The van der Waals surface area contributed by atoms with Crippen molar-refractivity contribution >= 4 is 29.2 Å². The summed E-state index contributed by atoms with van der Waals surface area (Å²) in [5.41, 5.74) is 3.52. The number of nitrogens with one attached hydrogen (secondary N) is 2. The van der Waals surface area contributed by atoms with Gasteiger partial charge in [-0.1, -0.05) is 30.0 Å². The van der Waals surface area contributed by atoms with Gasteiger partial charge in [0.05, 0.1) is 23.6 Å². The lowest BCUT2D eigenvalue weighted by atomic mass is 10.1. The van der Waals surface area contributed by atoms with Crippen molar-refractivity contribution in [2.45, 2.75) is 42.7 Å². The van der Waals surface area contributed by atoms with Crippen LogP contribution in [0.15, 0.2) is 58.5 Å². The highest BCUT2D eigenvalue weighted by molar-refractivity contribution is 7.99. The molecule has 0 spiro atoms. The quantitative estimate of drug-likeness (QED) is 0.458. The van der Waals surface area contributed by atoms with E-state index >= 15 is 0 Å². The molecule has 1 aliphatic rings. The number of anilines is 2. The van der Waals surface area contributed by atoms with Crippen LogP contribution in [0.25, 0.3) is 11.3 Å². The molecule has 0 bridgehead atoms. The molecule has 1 amide bonds. The lowest BCUT2D eigenvalue weighted by Crippen LogP contribution is -2.34. The van der Waals surface area contributed by atoms with Crippen molar-refractivity contribution in [3.8, 4) is 11.3 Å². The molecule has 2 heterocycles. The average Bonchev–Trinajstić information content (AvgIpc) is 3.13. The van der Waals surface area contributed by atoms with Crippen LogP contribution in [-0.4, -0.2) is 33.6 Å². The Kier molecular flexibility index (Phi) is 5.00. The number of hydrogen-bond donors (Lipinski definition) is 2. The molecule has 0 fully saturated rings. The van der Waals surface area contributed by atoms with E-state index in [-0.39, 0.29) is 6.09 Å². The summed E-state index contributed by atoms with van der Waals surface area (Å²) in [5.74, 6) is 0.707. The second-order valence-corrected chi connectivity index (χ2v) is 9.09. The van der Waals surface area contributed by atoms with Gasteiger partial charge in [-0.25, -0.2) is 9.78 Å². The zero-order valence-electron chi connectivity index (χ0n) is 16.9. The van der Waals surface area contributed by atoms with E-state index in [2.05, 4.69) is 45.6 Å². The fraction of sp³-hybridized carbons (Fsp3) is 0.273. The zero-order chi connectivity index (χ0) is 20.6. The number of hydrogen-bond acceptors (Lipinski definition) is 5. The van der Waals surface area contributed by atoms with Gasteiger partial charge in [0.25, 0.3) is 0 Å². The minimum atomic E-state index is -0.521. The van der Waals surface area contributed by atoms with Crippen LogP contribution in [0.3, 0.4) is 0 Å². The summed E-state index contributed by atoms with van der Waals surface area (Å²) in [4.78, 5) is 23.9. The highest BCUT2D eigenvalue weighted by atomic mass is 32.2. The fourth-order valence-corrected chi connectivity index (χ4v) is 3.99. The van der Waals surface area contributed by atoms with Gasteiger partial charge in [-0.3, -0.25) is 0 Å². The van der Waals surface area contributed by atoms with Crippen molar-refractivity contribution in [2.75, 3.05) is 12.4 Å². The van der Waals surface area contributed by atoms with Gasteiger partial charge in [-0.05, 0) is 45.0 Å². The summed E-state index contributed by atoms with van der Waals surface area (Å²) in [7, 11) is 1.70. The minimum absolute atomic E-state index is 0.349. The molecule has 3 aromatic rings. The molecule has 6 nitrogen and oxygen atoms in total. The summed E-state index contributed by atoms with van der Waals surface area (Å²) in [6.07, 6.45) is 1.49. The molecule has 1 aromatic heterocycles. The first-order valence-electron chi connectivity index (χ1n) is 9.45. The lowest BCUT2D eigenvalue weighted by Gasteiger charge is -2.24. The van der Waals surface area contributed by atoms with Crippen molar-refractivity contribution in [2.24, 2.45) is 0 Å². The molecule has 0 radical (unpaired) electrons. The molecule has 2 aromatic carbocycles. The Balaban J connectivity index is 1.48. The van der Waals surface area contributed by atoms with E-state index in [1.165, 1.54) is 14.7 Å². The zero-order valence-corrected chi connectivity index (χ0v) is 17.8. The topological polar surface area (TPSA) is 70.2 Å². The number of amides is 1. The van der Waals surface area contributed by atoms with Crippen LogP contribution in [0.2, 0.25) is 0 Å². The van der Waals surface area contributed by atoms with Gasteiger partial charge in [-0.2, -0.15) is 0 Å². The number of carbonyl (C=O) groups is 1. The van der Waals surface area contributed by atoms with E-state index in [4.69, 9.17) is 4.74 Å². The Morgan fingerprint density at radius 3 is 2.69 bits per heavy atom. The normalized spacial score (nSPS) is 12.6. The lowest BCUT2D eigenvalue weighted by molar-refractivity contribution is 0.0281. The van der Waals surface area contributed by atoms with Gasteiger partial charge in [0.15, 0.2) is 0 Å². The third-order valence-electron chi connectivity index (χ3n) is 4.37. The molecule has 0 aliphatic carbocycles. The number of benzene rings is 2. The standard InChI is InChI=1S/C22H24N4O2S/c1-22(2,3)28-21(27)26(4)13-20-23-12-17(25-20)14-9-10-19-16(11-14)24-15-7-5-6-8-18(15)29-19/h5-12,24H,13H2,1-4H3,(H,23,25). The van der Waals surface area contributed by atoms with Crippen LogP contribution >= 0.6 is 11.8 Å². The first-order chi connectivity index (χ1) is 13.8. The number of carbonyl (C=O) groups excluding carboxylic acids is 1. The number of aromatic amines is 1. The highest BCUT2D eigenvalue weighted by Gasteiger charge is 2.21. The predicted octanol–water partition coefficient (Wildman–Crippen LogP) is 5.65. The number of H-pyrrole nitrogens is 1. The summed E-state index contributed by atoms with van der Waals surface area (Å²) in [6, 6.07) is 14.6. The number of nitrogens with zero attached hydrogens (tertiary/aromatic N) is 2. The maximum atomic E-state index is 12.2. The number of rotatable bonds is 3. The van der Waals surface area contributed by atoms with Gasteiger partial charge in [-0.15, -0.1) is 0 Å². The van der Waals surface area contributed by atoms with Crippen molar-refractivity contribution in [3.05, 3.63) is 54.5 Å². The minimum Gasteiger partial charge on any atom is -0.444 e. The van der Waals surface area contributed by atoms with Crippen molar-refractivity contribution in [1.29, 1.82) is 0 Å². The molecule has 0 atom stereocenters. The average molecular weight is 409 g/mol. The maximum Gasteiger partial charge on any atom is 0.410 e. The van der Waals surface area contributed by atoms with Crippen LogP contribution in [0.1, 0.15) is 26.6 Å². The molecule has 0 saturated heterocycles. The van der Waals surface area contributed by atoms with E-state index in [1.54, 1.807) is 18.8 Å². The van der Waals surface area contributed by atoms with Crippen molar-refractivity contribution < 1.29 is 9.53 Å². The summed E-state index contributed by atoms with van der Waals surface area (Å²) in [6.45, 7) is 5.90. The Labute approximate surface area is 174 Å². The van der Waals surface area contributed by atoms with Gasteiger partial charge in [0, 0.05) is 28.6 Å². The predicted molar refractivity (Wildman–Crippen MR) is 116 cm³/mol. The summed E-state index contributed by atoms with van der Waals surface area (Å²) >= 11 is 1.76. The number of fused-ring (bicyclic) bond motifs is 2. The van der Waals surface area contributed by atoms with Crippen molar-refractivity contribution in [1.82, 2.24) is 14.9 Å². The van der Waals surface area contributed by atoms with Crippen LogP contribution in [0.4, 0.5) is 16.2 Å². The Hall–Kier alpha value is -2.93. The number of para-hydroxylation sites is 1. The largest absolute Gasteiger partial charge is 0.444 e. The Morgan fingerprint density at radius 1 is 1.14 bits per heavy atom. The van der Waals surface area contributed by atoms with Crippen LogP contribution in [0, 0.1) is 0 Å². The van der Waals surface area contributed by atoms with Crippen LogP contribution in [0.5, 0.6) is 0 Å². The smallest absolute Gasteiger partial charge is 0.410 e. The third kappa shape index (κ3) is 4.40. The molecular weight excluding hydrogens is 384 g/mol. The maximum absolute atomic E-state index is 12.2. The second-order valence-electron chi connectivity index (χ2n) is 8.00. The Morgan fingerprint density at radius 2 is 1.90 bits per heavy atom. The summed E-state index contributed by atoms with van der Waals surface area (Å²) < 4.78 is 5.39. The third-order valence-corrected chi connectivity index (χ3v) is 5.53. The van der Waals surface area contributed by atoms with E-state index in [0.717, 1.165) is 22.6 Å². The fourth-order valence-electron chi connectivity index (χ4n) is 3.02. The molecule has 150 valence electrons. The van der Waals surface area contributed by atoms with Crippen molar-refractivity contribution in [3.63, 3.8) is 0 Å². The monoisotopic (exact) mass is 408 g/mol. The first-order valence-corrected chi connectivity index (χ1v) is 10.3. The molecule has 0 unspecified atom stereocenters. The van der Waals surface area contributed by atoms with Crippen LogP contribution < -0.4 is 5.32 Å². The summed E-state index contributed by atoms with van der Waals surface area (Å²) in [5, 5.41) is 3.50. The van der Waals surface area contributed by atoms with Gasteiger partial charge in [0.1, 0.15) is 11.4 Å².